The van der Waals surface area contributed by atoms with Gasteiger partial charge in [-0.05, 0) is 41.7 Å². The zero-order valence-electron chi connectivity index (χ0n) is 12.7. The maximum absolute atomic E-state index is 10.9. The van der Waals surface area contributed by atoms with E-state index in [0.717, 1.165) is 17.0 Å². The number of ether oxygens (including phenoxy) is 1. The van der Waals surface area contributed by atoms with Gasteiger partial charge in [-0.1, -0.05) is 34.1 Å². The van der Waals surface area contributed by atoms with Crippen LogP contribution in [0.3, 0.4) is 0 Å². The second-order valence-corrected chi connectivity index (χ2v) is 5.41. The standard InChI is InChI=1S/C17H17BrN2O3/c1-13-16(4-2-5-17(13)20(21)22)19-12-14-6-8-15(9-7-14)23-11-3-10-18/h2-10,19H,11-12H2,1H3. The molecule has 0 spiro atoms. The predicted octanol–water partition coefficient (Wildman–Crippen LogP) is 4.80. The van der Waals surface area contributed by atoms with Crippen molar-refractivity contribution in [1.29, 1.82) is 0 Å². The molecule has 0 aliphatic heterocycles. The highest BCUT2D eigenvalue weighted by molar-refractivity contribution is 9.11. The Labute approximate surface area is 143 Å². The van der Waals surface area contributed by atoms with Crippen LogP contribution in [0.4, 0.5) is 11.4 Å². The highest BCUT2D eigenvalue weighted by Crippen LogP contribution is 2.25. The summed E-state index contributed by atoms with van der Waals surface area (Å²) < 4.78 is 5.51. The molecule has 0 bridgehead atoms. The second kappa shape index (κ2) is 8.33. The average molecular weight is 377 g/mol. The van der Waals surface area contributed by atoms with Crippen LogP contribution in [0.15, 0.2) is 53.5 Å². The van der Waals surface area contributed by atoms with Crippen molar-refractivity contribution < 1.29 is 9.66 Å². The Morgan fingerprint density at radius 2 is 2.00 bits per heavy atom. The molecule has 0 amide bonds. The summed E-state index contributed by atoms with van der Waals surface area (Å²) in [4.78, 5) is 12.3. The van der Waals surface area contributed by atoms with E-state index in [4.69, 9.17) is 4.74 Å². The fourth-order valence-electron chi connectivity index (χ4n) is 2.09. The molecule has 0 aliphatic carbocycles. The smallest absolute Gasteiger partial charge is 0.274 e. The minimum Gasteiger partial charge on any atom is -0.490 e. The van der Waals surface area contributed by atoms with Crippen LogP contribution in [0.25, 0.3) is 0 Å². The highest BCUT2D eigenvalue weighted by Gasteiger charge is 2.12. The first-order valence-electron chi connectivity index (χ1n) is 7.06. The van der Waals surface area contributed by atoms with Crippen LogP contribution in [-0.2, 0) is 6.54 Å². The summed E-state index contributed by atoms with van der Waals surface area (Å²) in [6, 6.07) is 12.8. The second-order valence-electron chi connectivity index (χ2n) is 4.88. The number of nitro groups is 1. The predicted molar refractivity (Wildman–Crippen MR) is 95.2 cm³/mol. The molecular formula is C17H17BrN2O3. The van der Waals surface area contributed by atoms with Crippen LogP contribution in [0.5, 0.6) is 5.75 Å². The van der Waals surface area contributed by atoms with Gasteiger partial charge in [0.15, 0.2) is 0 Å². The van der Waals surface area contributed by atoms with Gasteiger partial charge in [-0.2, -0.15) is 0 Å². The molecular weight excluding hydrogens is 360 g/mol. The summed E-state index contributed by atoms with van der Waals surface area (Å²) in [6.45, 7) is 2.84. The molecule has 0 aliphatic rings. The van der Waals surface area contributed by atoms with Gasteiger partial charge >= 0.3 is 0 Å². The number of anilines is 1. The Morgan fingerprint density at radius 3 is 2.65 bits per heavy atom. The molecule has 0 saturated carbocycles. The average Bonchev–Trinajstić information content (AvgIpc) is 2.55. The van der Waals surface area contributed by atoms with Crippen LogP contribution in [0, 0.1) is 17.0 Å². The monoisotopic (exact) mass is 376 g/mol. The van der Waals surface area contributed by atoms with E-state index < -0.39 is 0 Å². The molecule has 6 heteroatoms. The van der Waals surface area contributed by atoms with Crippen molar-refractivity contribution in [2.24, 2.45) is 0 Å². The van der Waals surface area contributed by atoms with Gasteiger partial charge in [-0.25, -0.2) is 0 Å². The van der Waals surface area contributed by atoms with Gasteiger partial charge in [0.1, 0.15) is 12.4 Å². The first kappa shape index (κ1) is 17.0. The normalized spacial score (nSPS) is 10.7. The van der Waals surface area contributed by atoms with Gasteiger partial charge in [-0.3, -0.25) is 10.1 Å². The number of halogens is 1. The summed E-state index contributed by atoms with van der Waals surface area (Å²) >= 11 is 3.19. The van der Waals surface area contributed by atoms with Gasteiger partial charge in [0.2, 0.25) is 0 Å². The topological polar surface area (TPSA) is 64.4 Å². The molecule has 0 saturated heterocycles. The number of nitro benzene ring substituents is 1. The van der Waals surface area contributed by atoms with Crippen molar-refractivity contribution in [2.45, 2.75) is 13.5 Å². The van der Waals surface area contributed by atoms with Gasteiger partial charge in [-0.15, -0.1) is 0 Å². The number of hydrogen-bond donors (Lipinski definition) is 1. The minimum atomic E-state index is -0.367. The van der Waals surface area contributed by atoms with E-state index in [9.17, 15) is 10.1 Å². The van der Waals surface area contributed by atoms with Gasteiger partial charge in [0.05, 0.1) is 4.92 Å². The number of nitrogens with one attached hydrogen (secondary N) is 1. The zero-order chi connectivity index (χ0) is 16.7. The lowest BCUT2D eigenvalue weighted by Gasteiger charge is -2.10. The molecule has 2 rings (SSSR count). The van der Waals surface area contributed by atoms with Crippen LogP contribution >= 0.6 is 15.9 Å². The first-order chi connectivity index (χ1) is 11.1. The van der Waals surface area contributed by atoms with Crippen molar-refractivity contribution in [1.82, 2.24) is 0 Å². The Bertz CT molecular complexity index is 699. The summed E-state index contributed by atoms with van der Waals surface area (Å²) in [7, 11) is 0. The molecule has 0 aromatic heterocycles. The van der Waals surface area contributed by atoms with E-state index >= 15 is 0 Å². The quantitative estimate of drug-likeness (QED) is 0.556. The summed E-state index contributed by atoms with van der Waals surface area (Å²) in [5.74, 6) is 0.797. The minimum absolute atomic E-state index is 0.124. The van der Waals surface area contributed by atoms with Crippen LogP contribution in [-0.4, -0.2) is 11.5 Å². The molecule has 23 heavy (non-hydrogen) atoms. The van der Waals surface area contributed by atoms with Crippen molar-refractivity contribution in [2.75, 3.05) is 11.9 Å². The zero-order valence-corrected chi connectivity index (χ0v) is 14.2. The molecule has 2 aromatic rings. The third kappa shape index (κ3) is 4.82. The highest BCUT2D eigenvalue weighted by atomic mass is 79.9. The van der Waals surface area contributed by atoms with E-state index in [2.05, 4.69) is 21.2 Å². The Kier molecular flexibility index (Phi) is 6.17. The van der Waals surface area contributed by atoms with E-state index in [0.29, 0.717) is 18.7 Å². The lowest BCUT2D eigenvalue weighted by atomic mass is 10.1. The van der Waals surface area contributed by atoms with Crippen LogP contribution in [0.2, 0.25) is 0 Å². The van der Waals surface area contributed by atoms with E-state index in [-0.39, 0.29) is 10.6 Å². The maximum atomic E-state index is 10.9. The molecule has 2 aromatic carbocycles. The SMILES string of the molecule is Cc1c(NCc2ccc(OCC=CBr)cc2)cccc1[N+](=O)[O-]. The fraction of sp³-hybridized carbons (Fsp3) is 0.176. The Balaban J connectivity index is 1.98. The Morgan fingerprint density at radius 1 is 1.26 bits per heavy atom. The van der Waals surface area contributed by atoms with E-state index in [1.54, 1.807) is 18.0 Å². The fourth-order valence-corrected chi connectivity index (χ4v) is 2.25. The summed E-state index contributed by atoms with van der Waals surface area (Å²) in [6.07, 6.45) is 1.86. The van der Waals surface area contributed by atoms with E-state index in [1.807, 2.05) is 36.4 Å². The Hall–Kier alpha value is -2.34. The van der Waals surface area contributed by atoms with Crippen LogP contribution < -0.4 is 10.1 Å². The number of rotatable bonds is 7. The summed E-state index contributed by atoms with van der Waals surface area (Å²) in [5.41, 5.74) is 2.60. The number of benzene rings is 2. The van der Waals surface area contributed by atoms with E-state index in [1.165, 1.54) is 6.07 Å². The largest absolute Gasteiger partial charge is 0.490 e. The van der Waals surface area contributed by atoms with Crippen LogP contribution in [0.1, 0.15) is 11.1 Å². The number of nitrogens with zero attached hydrogens (tertiary/aromatic N) is 1. The summed E-state index contributed by atoms with van der Waals surface area (Å²) in [5, 5.41) is 14.2. The third-order valence-electron chi connectivity index (χ3n) is 3.34. The molecule has 0 fully saturated rings. The molecule has 1 N–H and O–H groups in total. The number of hydrogen-bond acceptors (Lipinski definition) is 4. The lowest BCUT2D eigenvalue weighted by molar-refractivity contribution is -0.385. The molecule has 0 radical (unpaired) electrons. The van der Waals surface area contributed by atoms with Gasteiger partial charge < -0.3 is 10.1 Å². The van der Waals surface area contributed by atoms with Gasteiger partial charge in [0.25, 0.3) is 5.69 Å². The van der Waals surface area contributed by atoms with Crippen molar-refractivity contribution in [3.05, 3.63) is 74.8 Å². The molecule has 5 nitrogen and oxygen atoms in total. The van der Waals surface area contributed by atoms with Gasteiger partial charge in [0, 0.05) is 23.9 Å². The molecule has 0 atom stereocenters. The maximum Gasteiger partial charge on any atom is 0.274 e. The molecule has 0 unspecified atom stereocenters. The first-order valence-corrected chi connectivity index (χ1v) is 7.98. The van der Waals surface area contributed by atoms with Crippen molar-refractivity contribution >= 4 is 27.3 Å². The lowest BCUT2D eigenvalue weighted by Crippen LogP contribution is -2.03. The molecule has 120 valence electrons. The third-order valence-corrected chi connectivity index (χ3v) is 3.72. The molecule has 0 heterocycles. The van der Waals surface area contributed by atoms with Crippen molar-refractivity contribution in [3.63, 3.8) is 0 Å². The van der Waals surface area contributed by atoms with Crippen molar-refractivity contribution in [3.8, 4) is 5.75 Å².